The third-order valence-corrected chi connectivity index (χ3v) is 5.43. The van der Waals surface area contributed by atoms with Crippen LogP contribution in [0.25, 0.3) is 11.0 Å². The molecule has 2 heterocycles. The van der Waals surface area contributed by atoms with E-state index in [4.69, 9.17) is 5.73 Å². The molecule has 0 aliphatic heterocycles. The topological polar surface area (TPSA) is 78.0 Å². The van der Waals surface area contributed by atoms with Crippen molar-refractivity contribution < 1.29 is 8.42 Å². The number of nitrogens with two attached hydrogens (primary N) is 1. The van der Waals surface area contributed by atoms with Crippen molar-refractivity contribution in [2.24, 2.45) is 5.73 Å². The lowest BCUT2D eigenvalue weighted by Crippen LogP contribution is -2.12. The molecule has 0 aliphatic carbocycles. The first kappa shape index (κ1) is 14.7. The molecule has 0 spiro atoms. The smallest absolute Gasteiger partial charge is 0.268 e. The summed E-state index contributed by atoms with van der Waals surface area (Å²) in [7, 11) is -3.65. The lowest BCUT2D eigenvalue weighted by atomic mass is 10.0. The Labute approximate surface area is 129 Å². The first-order chi connectivity index (χ1) is 10.6. The lowest BCUT2D eigenvalue weighted by Gasteiger charge is -2.07. The highest BCUT2D eigenvalue weighted by atomic mass is 32.2. The monoisotopic (exact) mass is 315 g/mol. The molecule has 0 saturated carbocycles. The zero-order chi connectivity index (χ0) is 15.7. The van der Waals surface area contributed by atoms with Crippen molar-refractivity contribution in [3.05, 3.63) is 60.4 Å². The van der Waals surface area contributed by atoms with E-state index in [0.717, 1.165) is 5.56 Å². The molecule has 3 rings (SSSR count). The second-order valence-corrected chi connectivity index (χ2v) is 7.02. The van der Waals surface area contributed by atoms with Crippen molar-refractivity contribution in [1.29, 1.82) is 0 Å². The molecule has 2 aromatic heterocycles. The molecular weight excluding hydrogens is 298 g/mol. The molecule has 1 unspecified atom stereocenters. The Bertz CT molecular complexity index is 902. The molecule has 5 nitrogen and oxygen atoms in total. The number of benzene rings is 1. The zero-order valence-electron chi connectivity index (χ0n) is 12.2. The van der Waals surface area contributed by atoms with E-state index < -0.39 is 10.0 Å². The summed E-state index contributed by atoms with van der Waals surface area (Å²) >= 11 is 0. The first-order valence-corrected chi connectivity index (χ1v) is 8.46. The molecule has 1 atom stereocenters. The van der Waals surface area contributed by atoms with Gasteiger partial charge in [-0.25, -0.2) is 12.4 Å². The van der Waals surface area contributed by atoms with Crippen LogP contribution in [0.5, 0.6) is 0 Å². The van der Waals surface area contributed by atoms with Gasteiger partial charge in [0.25, 0.3) is 10.0 Å². The van der Waals surface area contributed by atoms with E-state index in [2.05, 4.69) is 4.98 Å². The molecule has 1 aromatic carbocycles. The van der Waals surface area contributed by atoms with Crippen LogP contribution in [0.3, 0.4) is 0 Å². The Kier molecular flexibility index (Phi) is 3.72. The summed E-state index contributed by atoms with van der Waals surface area (Å²) < 4.78 is 27.0. The van der Waals surface area contributed by atoms with E-state index in [1.807, 2.05) is 6.92 Å². The maximum atomic E-state index is 12.9. The Morgan fingerprint density at radius 1 is 1.18 bits per heavy atom. The Morgan fingerprint density at radius 3 is 2.59 bits per heavy atom. The summed E-state index contributed by atoms with van der Waals surface area (Å²) in [6.07, 6.45) is 3.30. The van der Waals surface area contributed by atoms with Crippen molar-refractivity contribution in [1.82, 2.24) is 8.96 Å². The summed E-state index contributed by atoms with van der Waals surface area (Å²) in [5, 5.41) is 0. The molecule has 0 bridgehead atoms. The van der Waals surface area contributed by atoms with Gasteiger partial charge in [0.2, 0.25) is 0 Å². The third-order valence-electron chi connectivity index (χ3n) is 3.74. The van der Waals surface area contributed by atoms with Gasteiger partial charge in [0.1, 0.15) is 0 Å². The predicted molar refractivity (Wildman–Crippen MR) is 86.2 cm³/mol. The van der Waals surface area contributed by atoms with Crippen LogP contribution in [-0.2, 0) is 10.0 Å². The average Bonchev–Trinajstić information content (AvgIpc) is 2.95. The van der Waals surface area contributed by atoms with E-state index in [0.29, 0.717) is 17.6 Å². The Morgan fingerprint density at radius 2 is 1.91 bits per heavy atom. The lowest BCUT2D eigenvalue weighted by molar-refractivity contribution is 0.589. The molecule has 22 heavy (non-hydrogen) atoms. The van der Waals surface area contributed by atoms with Crippen LogP contribution in [0.15, 0.2) is 59.8 Å². The van der Waals surface area contributed by atoms with Crippen molar-refractivity contribution in [3.63, 3.8) is 0 Å². The van der Waals surface area contributed by atoms with Crippen molar-refractivity contribution >= 4 is 21.1 Å². The van der Waals surface area contributed by atoms with Crippen LogP contribution >= 0.6 is 0 Å². The van der Waals surface area contributed by atoms with Crippen molar-refractivity contribution in [2.75, 3.05) is 6.54 Å². The number of rotatable bonds is 4. The van der Waals surface area contributed by atoms with E-state index in [9.17, 15) is 8.42 Å². The fourth-order valence-electron chi connectivity index (χ4n) is 2.45. The molecule has 2 N–H and O–H groups in total. The standard InChI is InChI=1S/C16H17N3O2S/c1-12(10-17)14-11-19(15-8-5-9-18-16(14)15)22(20,21)13-6-3-2-4-7-13/h2-9,11-12H,10,17H2,1H3. The number of hydrogen-bond donors (Lipinski definition) is 1. The van der Waals surface area contributed by atoms with Gasteiger partial charge in [0, 0.05) is 18.0 Å². The molecule has 0 radical (unpaired) electrons. The van der Waals surface area contributed by atoms with Crippen LogP contribution in [-0.4, -0.2) is 23.9 Å². The zero-order valence-corrected chi connectivity index (χ0v) is 13.0. The summed E-state index contributed by atoms with van der Waals surface area (Å²) in [6, 6.07) is 11.9. The summed E-state index contributed by atoms with van der Waals surface area (Å²) in [6.45, 7) is 2.39. The van der Waals surface area contributed by atoms with Gasteiger partial charge < -0.3 is 5.73 Å². The number of aromatic nitrogens is 2. The molecule has 6 heteroatoms. The number of nitrogens with zero attached hydrogens (tertiary/aromatic N) is 2. The van der Waals surface area contributed by atoms with Gasteiger partial charge >= 0.3 is 0 Å². The third kappa shape index (κ3) is 2.30. The Hall–Kier alpha value is -2.18. The molecule has 114 valence electrons. The van der Waals surface area contributed by atoms with Gasteiger partial charge in [-0.3, -0.25) is 4.98 Å². The normalized spacial score (nSPS) is 13.4. The van der Waals surface area contributed by atoms with Crippen LogP contribution in [0.4, 0.5) is 0 Å². The minimum atomic E-state index is -3.65. The second-order valence-electron chi connectivity index (χ2n) is 5.21. The molecule has 0 saturated heterocycles. The highest BCUT2D eigenvalue weighted by molar-refractivity contribution is 7.90. The average molecular weight is 315 g/mol. The SMILES string of the molecule is CC(CN)c1cn(S(=O)(=O)c2ccccc2)c2cccnc12. The fraction of sp³-hybridized carbons (Fsp3) is 0.188. The minimum Gasteiger partial charge on any atom is -0.330 e. The van der Waals surface area contributed by atoms with E-state index in [1.54, 1.807) is 54.9 Å². The van der Waals surface area contributed by atoms with Crippen LogP contribution in [0.1, 0.15) is 18.4 Å². The van der Waals surface area contributed by atoms with E-state index in [-0.39, 0.29) is 10.8 Å². The summed E-state index contributed by atoms with van der Waals surface area (Å²) in [5.41, 5.74) is 7.83. The number of fused-ring (bicyclic) bond motifs is 1. The molecule has 3 aromatic rings. The van der Waals surface area contributed by atoms with Gasteiger partial charge in [0.15, 0.2) is 0 Å². The highest BCUT2D eigenvalue weighted by Gasteiger charge is 2.23. The van der Waals surface area contributed by atoms with Gasteiger partial charge in [-0.2, -0.15) is 0 Å². The van der Waals surface area contributed by atoms with Crippen LogP contribution < -0.4 is 5.73 Å². The molecular formula is C16H17N3O2S. The highest BCUT2D eigenvalue weighted by Crippen LogP contribution is 2.28. The van der Waals surface area contributed by atoms with Crippen molar-refractivity contribution in [3.8, 4) is 0 Å². The van der Waals surface area contributed by atoms with E-state index in [1.165, 1.54) is 3.97 Å². The van der Waals surface area contributed by atoms with Gasteiger partial charge in [-0.15, -0.1) is 0 Å². The van der Waals surface area contributed by atoms with Gasteiger partial charge in [-0.05, 0) is 36.7 Å². The summed E-state index contributed by atoms with van der Waals surface area (Å²) in [4.78, 5) is 4.59. The maximum Gasteiger partial charge on any atom is 0.268 e. The molecule has 0 aliphatic rings. The maximum absolute atomic E-state index is 12.9. The largest absolute Gasteiger partial charge is 0.330 e. The first-order valence-electron chi connectivity index (χ1n) is 7.02. The van der Waals surface area contributed by atoms with Gasteiger partial charge in [-0.1, -0.05) is 25.1 Å². The number of pyridine rings is 1. The minimum absolute atomic E-state index is 0.0321. The Balaban J connectivity index is 2.28. The molecule has 0 amide bonds. The quantitative estimate of drug-likeness (QED) is 0.801. The van der Waals surface area contributed by atoms with Gasteiger partial charge in [0.05, 0.1) is 15.9 Å². The van der Waals surface area contributed by atoms with Crippen molar-refractivity contribution in [2.45, 2.75) is 17.7 Å². The van der Waals surface area contributed by atoms with Crippen LogP contribution in [0.2, 0.25) is 0 Å². The van der Waals surface area contributed by atoms with Crippen LogP contribution in [0, 0.1) is 0 Å². The fourth-order valence-corrected chi connectivity index (χ4v) is 3.83. The second kappa shape index (κ2) is 5.55. The number of hydrogen-bond acceptors (Lipinski definition) is 4. The predicted octanol–water partition coefficient (Wildman–Crippen LogP) is 2.34. The summed E-state index contributed by atoms with van der Waals surface area (Å²) in [5.74, 6) is 0.0321. The molecule has 0 fully saturated rings. The van der Waals surface area contributed by atoms with E-state index >= 15 is 0 Å².